The second-order valence-corrected chi connectivity index (χ2v) is 7.98. The lowest BCUT2D eigenvalue weighted by Crippen LogP contribution is -2.28. The molecule has 2 aromatic heterocycles. The third-order valence-corrected chi connectivity index (χ3v) is 5.97. The molecule has 29 heavy (non-hydrogen) atoms. The van der Waals surface area contributed by atoms with Crippen molar-refractivity contribution in [3.05, 3.63) is 71.8 Å². The van der Waals surface area contributed by atoms with Crippen LogP contribution in [0.15, 0.2) is 60.0 Å². The molecule has 4 aromatic rings. The molecule has 7 heteroatoms. The summed E-state index contributed by atoms with van der Waals surface area (Å²) >= 11 is 1.45. The minimum atomic E-state index is 0.0333. The van der Waals surface area contributed by atoms with Gasteiger partial charge in [-0.25, -0.2) is 9.97 Å². The zero-order valence-electron chi connectivity index (χ0n) is 16.7. The maximum atomic E-state index is 12.7. The number of carbonyl (C=O) groups excluding carboxylic acids is 1. The van der Waals surface area contributed by atoms with Crippen LogP contribution in [0.2, 0.25) is 0 Å². The van der Waals surface area contributed by atoms with Crippen LogP contribution in [0.1, 0.15) is 17.0 Å². The van der Waals surface area contributed by atoms with Crippen LogP contribution < -0.4 is 0 Å². The van der Waals surface area contributed by atoms with E-state index in [0.29, 0.717) is 12.3 Å². The average molecular weight is 406 g/mol. The predicted molar refractivity (Wildman–Crippen MR) is 116 cm³/mol. The maximum Gasteiger partial charge on any atom is 0.233 e. The Kier molecular flexibility index (Phi) is 5.40. The fourth-order valence-corrected chi connectivity index (χ4v) is 4.11. The van der Waals surface area contributed by atoms with Crippen LogP contribution >= 0.6 is 11.8 Å². The van der Waals surface area contributed by atoms with E-state index < -0.39 is 0 Å². The second kappa shape index (κ2) is 8.13. The number of nitrogens with zero attached hydrogens (tertiary/aromatic N) is 4. The van der Waals surface area contributed by atoms with Gasteiger partial charge < -0.3 is 9.88 Å². The number of para-hydroxylation sites is 2. The number of rotatable bonds is 6. The van der Waals surface area contributed by atoms with Crippen molar-refractivity contribution in [3.63, 3.8) is 0 Å². The van der Waals surface area contributed by atoms with Crippen molar-refractivity contribution < 1.29 is 4.79 Å². The number of benzene rings is 2. The van der Waals surface area contributed by atoms with Gasteiger partial charge in [-0.1, -0.05) is 36.0 Å². The first-order chi connectivity index (χ1) is 14.0. The zero-order valence-corrected chi connectivity index (χ0v) is 17.5. The fourth-order valence-electron chi connectivity index (χ4n) is 3.21. The number of hydrogen-bond acceptors (Lipinski definition) is 4. The van der Waals surface area contributed by atoms with Crippen LogP contribution in [0.4, 0.5) is 0 Å². The summed E-state index contributed by atoms with van der Waals surface area (Å²) in [6.07, 6.45) is 3.71. The smallest absolute Gasteiger partial charge is 0.233 e. The van der Waals surface area contributed by atoms with Gasteiger partial charge >= 0.3 is 0 Å². The molecule has 148 valence electrons. The molecule has 0 atom stereocenters. The van der Waals surface area contributed by atoms with Crippen molar-refractivity contribution in [1.29, 1.82) is 0 Å². The van der Waals surface area contributed by atoms with E-state index in [1.807, 2.05) is 41.1 Å². The average Bonchev–Trinajstić information content (AvgIpc) is 3.34. The van der Waals surface area contributed by atoms with Gasteiger partial charge in [-0.15, -0.1) is 0 Å². The fraction of sp³-hybridized carbons (Fsp3) is 0.227. The molecule has 6 nitrogen and oxygen atoms in total. The maximum absolute atomic E-state index is 12.7. The number of carbonyl (C=O) groups is 1. The van der Waals surface area contributed by atoms with E-state index >= 15 is 0 Å². The lowest BCUT2D eigenvalue weighted by atomic mass is 10.1. The van der Waals surface area contributed by atoms with Crippen molar-refractivity contribution in [2.75, 3.05) is 12.8 Å². The Bertz CT molecular complexity index is 1130. The zero-order chi connectivity index (χ0) is 20.4. The Morgan fingerprint density at radius 3 is 2.83 bits per heavy atom. The van der Waals surface area contributed by atoms with Crippen LogP contribution in [0, 0.1) is 13.8 Å². The first kappa shape index (κ1) is 19.3. The van der Waals surface area contributed by atoms with E-state index in [1.165, 1.54) is 22.9 Å². The van der Waals surface area contributed by atoms with E-state index in [9.17, 15) is 4.79 Å². The summed E-state index contributed by atoms with van der Waals surface area (Å²) < 4.78 is 2.04. The molecule has 0 aliphatic heterocycles. The molecule has 4 rings (SSSR count). The number of nitrogens with one attached hydrogen (secondary N) is 1. The summed E-state index contributed by atoms with van der Waals surface area (Å²) in [7, 11) is 1.80. The Balaban J connectivity index is 1.42. The minimum Gasteiger partial charge on any atom is -0.340 e. The van der Waals surface area contributed by atoms with Crippen LogP contribution in [0.25, 0.3) is 16.7 Å². The molecule has 0 fully saturated rings. The summed E-state index contributed by atoms with van der Waals surface area (Å²) in [5.41, 5.74) is 5.42. The lowest BCUT2D eigenvalue weighted by molar-refractivity contribution is -0.127. The molecule has 0 radical (unpaired) electrons. The molecule has 1 N–H and O–H groups in total. The Morgan fingerprint density at radius 2 is 2.00 bits per heavy atom. The summed E-state index contributed by atoms with van der Waals surface area (Å²) in [6.45, 7) is 4.64. The van der Waals surface area contributed by atoms with Gasteiger partial charge in [-0.2, -0.15) is 0 Å². The van der Waals surface area contributed by atoms with Gasteiger partial charge in [-0.3, -0.25) is 9.36 Å². The van der Waals surface area contributed by atoms with Gasteiger partial charge in [0.1, 0.15) is 5.82 Å². The minimum absolute atomic E-state index is 0.0333. The van der Waals surface area contributed by atoms with Gasteiger partial charge in [0.25, 0.3) is 0 Å². The standard InChI is InChI=1S/C22H23N5OS/c1-15-7-6-10-19(16(15)2)27-12-11-23-22(27)29-14-21(28)26(3)13-20-24-17-8-4-5-9-18(17)25-20/h4-12H,13-14H2,1-3H3,(H,24,25). The van der Waals surface area contributed by atoms with Crippen molar-refractivity contribution >= 4 is 28.7 Å². The van der Waals surface area contributed by atoms with Gasteiger partial charge in [0.15, 0.2) is 5.16 Å². The molecule has 2 heterocycles. The van der Waals surface area contributed by atoms with Crippen molar-refractivity contribution in [2.24, 2.45) is 0 Å². The first-order valence-corrected chi connectivity index (χ1v) is 10.4. The van der Waals surface area contributed by atoms with Crippen molar-refractivity contribution in [1.82, 2.24) is 24.4 Å². The SMILES string of the molecule is Cc1cccc(-n2ccnc2SCC(=O)N(C)Cc2nc3ccccc3[nH]2)c1C. The molecule has 0 bridgehead atoms. The molecule has 0 aliphatic rings. The predicted octanol–water partition coefficient (Wildman–Crippen LogP) is 4.12. The van der Waals surface area contributed by atoms with Crippen LogP contribution in [0.3, 0.4) is 0 Å². The third-order valence-electron chi connectivity index (χ3n) is 5.02. The monoisotopic (exact) mass is 405 g/mol. The molecule has 0 saturated carbocycles. The number of amides is 1. The number of aromatic nitrogens is 4. The largest absolute Gasteiger partial charge is 0.340 e. The Hall–Kier alpha value is -3.06. The summed E-state index contributed by atoms with van der Waals surface area (Å²) in [4.78, 5) is 26.6. The lowest BCUT2D eigenvalue weighted by Gasteiger charge is -2.16. The highest BCUT2D eigenvalue weighted by atomic mass is 32.2. The van der Waals surface area contributed by atoms with Crippen molar-refractivity contribution in [2.45, 2.75) is 25.5 Å². The van der Waals surface area contributed by atoms with Crippen LogP contribution in [-0.4, -0.2) is 43.1 Å². The number of fused-ring (bicyclic) bond motifs is 1. The molecule has 0 saturated heterocycles. The van der Waals surface area contributed by atoms with E-state index in [1.54, 1.807) is 18.1 Å². The second-order valence-electron chi connectivity index (χ2n) is 7.04. The van der Waals surface area contributed by atoms with Gasteiger partial charge in [0.2, 0.25) is 5.91 Å². The van der Waals surface area contributed by atoms with E-state index in [2.05, 4.69) is 40.9 Å². The quantitative estimate of drug-likeness (QED) is 0.490. The number of aryl methyl sites for hydroxylation is 1. The number of H-pyrrole nitrogens is 1. The summed E-state index contributed by atoms with van der Waals surface area (Å²) in [6, 6.07) is 14.1. The van der Waals surface area contributed by atoms with Crippen molar-refractivity contribution in [3.8, 4) is 5.69 Å². The molecule has 0 unspecified atom stereocenters. The highest BCUT2D eigenvalue weighted by molar-refractivity contribution is 7.99. The molecular weight excluding hydrogens is 382 g/mol. The molecule has 0 spiro atoms. The normalized spacial score (nSPS) is 11.1. The number of aromatic amines is 1. The first-order valence-electron chi connectivity index (χ1n) is 9.43. The molecule has 1 amide bonds. The van der Waals surface area contributed by atoms with Gasteiger partial charge in [0, 0.05) is 19.4 Å². The number of thioether (sulfide) groups is 1. The van der Waals surface area contributed by atoms with E-state index in [4.69, 9.17) is 0 Å². The molecular formula is C22H23N5OS. The van der Waals surface area contributed by atoms with Gasteiger partial charge in [0.05, 0.1) is 29.0 Å². The molecule has 2 aromatic carbocycles. The summed E-state index contributed by atoms with van der Waals surface area (Å²) in [5.74, 6) is 1.13. The summed E-state index contributed by atoms with van der Waals surface area (Å²) in [5, 5.41) is 0.809. The van der Waals surface area contributed by atoms with Crippen LogP contribution in [-0.2, 0) is 11.3 Å². The highest BCUT2D eigenvalue weighted by Crippen LogP contribution is 2.24. The Labute approximate surface area is 174 Å². The van der Waals surface area contributed by atoms with E-state index in [0.717, 1.165) is 27.7 Å². The van der Waals surface area contributed by atoms with Crippen LogP contribution in [0.5, 0.6) is 0 Å². The van der Waals surface area contributed by atoms with Gasteiger partial charge in [-0.05, 0) is 43.2 Å². The number of hydrogen-bond donors (Lipinski definition) is 1. The Morgan fingerprint density at radius 1 is 1.17 bits per heavy atom. The number of imidazole rings is 2. The highest BCUT2D eigenvalue weighted by Gasteiger charge is 2.15. The topological polar surface area (TPSA) is 66.8 Å². The van der Waals surface area contributed by atoms with E-state index in [-0.39, 0.29) is 5.91 Å². The molecule has 0 aliphatic carbocycles. The third kappa shape index (κ3) is 4.05.